The van der Waals surface area contributed by atoms with E-state index < -0.39 is 0 Å². The number of hydrogen-bond donors (Lipinski definition) is 0. The minimum atomic E-state index is 0.344. The number of hydrogen-bond acceptors (Lipinski definition) is 19. The fraction of sp³-hybridized carbons (Fsp3) is 0.825. The van der Waals surface area contributed by atoms with Crippen LogP contribution in [0.25, 0.3) is 0 Å². The first-order valence-corrected chi connectivity index (χ1v) is 68.8. The SMILES string of the molecule is [SiH3]C1CC2CC(COCC3CO3)C1C2.[SiH3]C1CC2CC(OCC3CO3)C1C2.[SiH3]C1CC2CC1C1OC21.[SiH3]C1CC2CC1CC2COCC1CO1.[SiH3]C1CC2CC1CC2OCC1CO1.[SiH3]CCC1CC2CC1C1OC21.[SiH3]CCC1CC2CC1C1OC21.[SiH3]CCCOCC1CO1.[SiH3]CCc1ccc(OCC2CO2)cc1.[SiH3]Cc1ccc(OCC2CO2)cc1.[SiH3]c1ccc(OCC2CO2)cc1. The first-order valence-electron chi connectivity index (χ1n) is 55.0. The maximum Gasteiger partial charge on any atom is 0.119 e. The molecule has 0 N–H and O–H groups in total. The van der Waals surface area contributed by atoms with E-state index in [4.69, 9.17) is 90.0 Å². The average molecular weight is 2030 g/mol. The van der Waals surface area contributed by atoms with Gasteiger partial charge in [0.15, 0.2) is 0 Å². The molecule has 746 valence electrons. The monoisotopic (exact) mass is 2030 g/mol. The smallest absolute Gasteiger partial charge is 0.119 e. The van der Waals surface area contributed by atoms with Crippen molar-refractivity contribution in [2.75, 3.05) is 126 Å². The van der Waals surface area contributed by atoms with E-state index >= 15 is 0 Å². The third kappa shape index (κ3) is 30.9. The predicted molar refractivity (Wildman–Crippen MR) is 566 cm³/mol. The van der Waals surface area contributed by atoms with Gasteiger partial charge in [0.05, 0.1) is 135 Å². The molecule has 3 aromatic rings. The summed E-state index contributed by atoms with van der Waals surface area (Å²) in [4.78, 5) is 0. The maximum absolute atomic E-state index is 5.93. The summed E-state index contributed by atoms with van der Waals surface area (Å²) in [6, 6.07) is 31.9. The molecule has 0 radical (unpaired) electrons. The Bertz CT molecular complexity index is 3880. The second kappa shape index (κ2) is 49.6. The number of ether oxygens (including phenoxy) is 19. The molecule has 14 saturated carbocycles. The van der Waals surface area contributed by atoms with E-state index in [0.29, 0.717) is 80.9 Å². The zero-order valence-electron chi connectivity index (χ0n) is 83.7. The van der Waals surface area contributed by atoms with Crippen LogP contribution in [0.5, 0.6) is 17.2 Å². The topological polar surface area (TPSA) is 212 Å². The molecule has 3 aromatic carbocycles. The summed E-state index contributed by atoms with van der Waals surface area (Å²) in [5, 5.41) is 1.39. The number of fused-ring (bicyclic) bond motifs is 23. The van der Waals surface area contributed by atoms with Crippen molar-refractivity contribution in [1.82, 2.24) is 0 Å². The van der Waals surface area contributed by atoms with E-state index in [-0.39, 0.29) is 0 Å². The van der Waals surface area contributed by atoms with Crippen molar-refractivity contribution < 1.29 is 90.0 Å². The van der Waals surface area contributed by atoms with E-state index in [2.05, 4.69) is 48.5 Å². The Hall–Kier alpha value is -1.19. The predicted octanol–water partition coefficient (Wildman–Crippen LogP) is 3.18. The molecule has 14 bridgehead atoms. The van der Waals surface area contributed by atoms with Crippen LogP contribution in [0.1, 0.15) is 146 Å². The van der Waals surface area contributed by atoms with Crippen LogP contribution in [-0.4, -0.2) is 336 Å². The summed E-state index contributed by atoms with van der Waals surface area (Å²) < 4.78 is 103. The van der Waals surface area contributed by atoms with Crippen LogP contribution in [0.15, 0.2) is 72.8 Å². The van der Waals surface area contributed by atoms with Crippen molar-refractivity contribution in [2.45, 2.75) is 297 Å². The minimum absolute atomic E-state index is 0.344. The molecule has 0 aromatic heterocycles. The second-order valence-corrected chi connectivity index (χ2v) is 59.6. The van der Waals surface area contributed by atoms with Gasteiger partial charge in [-0.25, -0.2) is 0 Å². The first-order chi connectivity index (χ1) is 65.0. The van der Waals surface area contributed by atoms with Gasteiger partial charge in [-0.3, -0.25) is 0 Å². The summed E-state index contributed by atoms with van der Waals surface area (Å²) in [7, 11) is 14.7. The number of rotatable bonds is 35. The fourth-order valence-corrected chi connectivity index (χ4v) is 36.8. The Kier molecular flexibility index (Phi) is 38.0. The molecule has 25 fully saturated rings. The van der Waals surface area contributed by atoms with E-state index in [9.17, 15) is 0 Å². The quantitative estimate of drug-likeness (QED) is 0.0470. The molecule has 19 nitrogen and oxygen atoms in total. The van der Waals surface area contributed by atoms with Crippen LogP contribution in [0.2, 0.25) is 51.9 Å². The van der Waals surface area contributed by atoms with E-state index in [1.807, 2.05) is 24.3 Å². The van der Waals surface area contributed by atoms with Gasteiger partial charge in [-0.05, 0) is 275 Å². The highest BCUT2D eigenvalue weighted by atomic mass is 28.2. The lowest BCUT2D eigenvalue weighted by atomic mass is 9.87. The molecule has 0 spiro atoms. The van der Waals surface area contributed by atoms with Crippen LogP contribution >= 0.6 is 0 Å². The van der Waals surface area contributed by atoms with Crippen molar-refractivity contribution in [3.8, 4) is 17.2 Å². The molecule has 0 amide bonds. The van der Waals surface area contributed by atoms with Gasteiger partial charge in [0.25, 0.3) is 0 Å². The summed E-state index contributed by atoms with van der Waals surface area (Å²) >= 11 is 0. The molecule has 28 rings (SSSR count). The van der Waals surface area contributed by atoms with Gasteiger partial charge >= 0.3 is 0 Å². The molecule has 25 aliphatic rings. The highest BCUT2D eigenvalue weighted by Crippen LogP contribution is 2.63. The van der Waals surface area contributed by atoms with Gasteiger partial charge in [-0.15, -0.1) is 0 Å². The Morgan fingerprint density at radius 1 is 0.278 bits per heavy atom. The Balaban J connectivity index is 0.0000000982. The molecular weight excluding hydrogens is 1850 g/mol. The number of aryl methyl sites for hydroxylation is 1. The van der Waals surface area contributed by atoms with Crippen LogP contribution in [0.4, 0.5) is 0 Å². The van der Waals surface area contributed by atoms with Crippen molar-refractivity contribution in [1.29, 1.82) is 0 Å². The summed E-state index contributed by atoms with van der Waals surface area (Å²) in [6.07, 6.45) is 41.1. The third-order valence-corrected chi connectivity index (χ3v) is 46.3. The standard InChI is InChI=1S/2C11H20O2Si.C11H16O2Si.2C10H18O2Si.C10H14O2Si.C9H12O2Si.2C9H16OSi.C7H12OSi.C6H14O2Si/c14-11-3-7-1-8(11)2-9(7)4-12-5-10-6-13-10;14-11-3-7-1-8(10(11)2-7)4-12-5-9-6-13-9;14-6-5-9-1-3-10(4-2-9)12-7-11-8-13-11;13-10-3-6-1-7(10)2-9(6)12-5-8-4-11-8;13-10-3-6-1-8(10)9(2-6)12-5-7-4-11-7;13-7-8-1-3-9(4-2-8)11-5-10-6-12-10;12-9-3-1-7(2-4-9)10-5-8-6-11-8;2*11-2-1-5-3-6-4-7(5)9-8(6)10-9;9-5-2-3-1-4(5)7-6(3)8-7;9-3-1-2-7-4-6-5-8-6/h2*7-11H,1-6H2,14H3;1-4,11H,5-8H2,14H3;2*6-10H,1-5H2,13H3;1-4,10H,5-7H2,13H3;1-4,8H,5-6H2,12H3;2*5-9H,1-4H2,11H3;3-7H,1-2H2,9H3;6H,1-5H2,9H3. The Morgan fingerprint density at radius 2 is 0.677 bits per heavy atom. The summed E-state index contributed by atoms with van der Waals surface area (Å²) in [5.41, 5.74) is 8.30. The molecule has 30 heteroatoms. The summed E-state index contributed by atoms with van der Waals surface area (Å²) in [6.45, 7) is 16.5. The number of epoxide rings is 11. The lowest BCUT2D eigenvalue weighted by Crippen LogP contribution is -2.26. The van der Waals surface area contributed by atoms with Gasteiger partial charge < -0.3 is 90.0 Å². The van der Waals surface area contributed by atoms with Gasteiger partial charge in [0, 0.05) is 132 Å². The van der Waals surface area contributed by atoms with Crippen molar-refractivity contribution in [3.05, 3.63) is 83.9 Å². The lowest BCUT2D eigenvalue weighted by molar-refractivity contribution is 0.00884. The summed E-state index contributed by atoms with van der Waals surface area (Å²) in [5.74, 6) is 20.9. The fourth-order valence-electron chi connectivity index (χ4n) is 27.3. The normalized spacial score (nSPS) is 42.8. The highest BCUT2D eigenvalue weighted by molar-refractivity contribution is 6.32. The molecular formula is C103H176O19Si11. The molecule has 14 aliphatic carbocycles. The van der Waals surface area contributed by atoms with E-state index in [1.165, 1.54) is 284 Å². The van der Waals surface area contributed by atoms with Crippen molar-refractivity contribution in [3.63, 3.8) is 0 Å². The highest BCUT2D eigenvalue weighted by Gasteiger charge is 2.65. The van der Waals surface area contributed by atoms with Crippen molar-refractivity contribution >= 4 is 118 Å². The molecule has 133 heavy (non-hydrogen) atoms. The molecule has 11 saturated heterocycles. The second-order valence-electron chi connectivity index (χ2n) is 46.3. The lowest BCUT2D eigenvalue weighted by Gasteiger charge is -2.26. The van der Waals surface area contributed by atoms with Crippen molar-refractivity contribution in [2.24, 2.45) is 107 Å². The van der Waals surface area contributed by atoms with Crippen LogP contribution in [0, 0.1) is 107 Å². The molecule has 39 unspecified atom stereocenters. The zero-order chi connectivity index (χ0) is 91.4. The molecule has 39 atom stereocenters. The largest absolute Gasteiger partial charge is 0.491 e. The first kappa shape index (κ1) is 102. The molecule has 11 heterocycles. The van der Waals surface area contributed by atoms with Gasteiger partial charge in [-0.2, -0.15) is 0 Å². The van der Waals surface area contributed by atoms with Crippen LogP contribution in [0.3, 0.4) is 0 Å². The average Bonchev–Trinajstić information content (AvgIpc) is 1.57. The van der Waals surface area contributed by atoms with E-state index in [0.717, 1.165) is 304 Å². The van der Waals surface area contributed by atoms with Gasteiger partial charge in [-0.1, -0.05) is 120 Å². The van der Waals surface area contributed by atoms with Crippen LogP contribution in [-0.2, 0) is 88.3 Å². The maximum atomic E-state index is 5.93. The number of benzene rings is 3. The van der Waals surface area contributed by atoms with Gasteiger partial charge in [0.1, 0.15) is 85.9 Å². The van der Waals surface area contributed by atoms with Crippen LogP contribution < -0.4 is 19.4 Å². The Morgan fingerprint density at radius 3 is 1.07 bits per heavy atom. The minimum Gasteiger partial charge on any atom is -0.491 e. The van der Waals surface area contributed by atoms with E-state index in [1.54, 1.807) is 6.42 Å². The Labute approximate surface area is 832 Å². The molecule has 11 aliphatic heterocycles. The van der Waals surface area contributed by atoms with Gasteiger partial charge in [0.2, 0.25) is 0 Å². The zero-order valence-corrected chi connectivity index (χ0v) is 106. The third-order valence-electron chi connectivity index (χ3n) is 35.6.